The number of methoxy groups -OCH3 is 1. The second-order valence-electron chi connectivity index (χ2n) is 8.69. The van der Waals surface area contributed by atoms with Crippen molar-refractivity contribution >= 4 is 27.6 Å². The Bertz CT molecular complexity index is 768. The molecule has 3 aliphatic heterocycles. The molecule has 0 aromatic heterocycles. The maximum absolute atomic E-state index is 12.8. The molecule has 4 nitrogen and oxygen atoms in total. The standard InChI is InChI=1S/C21H27BrN2O2/c1-3-20-7-4-9-24-10-8-21(19(20)24)15-11-13(22)5-6-16(15)23-17(21)14(12-20)18(25)26-2/h5-6,11,14,17,19,23H,3-4,7-10,12H2,1-2H3/t14-,17-,19-,20-,21-/m0/s1. The number of nitrogens with one attached hydrogen (secondary N) is 1. The van der Waals surface area contributed by atoms with Crippen LogP contribution in [0.25, 0.3) is 0 Å². The molecule has 3 fully saturated rings. The zero-order chi connectivity index (χ0) is 18.1. The molecule has 26 heavy (non-hydrogen) atoms. The minimum absolute atomic E-state index is 0.0205. The number of carbonyl (C=O) groups excluding carboxylic acids is 1. The first kappa shape index (κ1) is 17.1. The Kier molecular flexibility index (Phi) is 3.75. The van der Waals surface area contributed by atoms with Gasteiger partial charge in [0, 0.05) is 21.6 Å². The van der Waals surface area contributed by atoms with E-state index in [0.29, 0.717) is 6.04 Å². The summed E-state index contributed by atoms with van der Waals surface area (Å²) in [6.07, 6.45) is 5.70. The summed E-state index contributed by atoms with van der Waals surface area (Å²) in [6, 6.07) is 7.27. The van der Waals surface area contributed by atoms with Crippen molar-refractivity contribution in [2.45, 2.75) is 56.5 Å². The number of rotatable bonds is 2. The first-order valence-electron chi connectivity index (χ1n) is 9.94. The van der Waals surface area contributed by atoms with Gasteiger partial charge in [-0.2, -0.15) is 0 Å². The van der Waals surface area contributed by atoms with Crippen LogP contribution in [-0.4, -0.2) is 43.2 Å². The summed E-state index contributed by atoms with van der Waals surface area (Å²) in [7, 11) is 1.54. The molecular weight excluding hydrogens is 392 g/mol. The Morgan fingerprint density at radius 3 is 3.00 bits per heavy atom. The van der Waals surface area contributed by atoms with Gasteiger partial charge in [-0.3, -0.25) is 9.69 Å². The lowest BCUT2D eigenvalue weighted by atomic mass is 9.49. The SMILES string of the molecule is CC[C@]12CCCN3CC[C@@]4(c5cc(Br)ccc5N[C@H]4[C@@H](C(=O)OC)C1)[C@@H]32. The number of hydrogen-bond acceptors (Lipinski definition) is 4. The fourth-order valence-electron chi connectivity index (χ4n) is 7.08. The summed E-state index contributed by atoms with van der Waals surface area (Å²) in [4.78, 5) is 15.6. The Morgan fingerprint density at radius 1 is 1.38 bits per heavy atom. The van der Waals surface area contributed by atoms with E-state index in [9.17, 15) is 4.79 Å². The van der Waals surface area contributed by atoms with Gasteiger partial charge in [-0.15, -0.1) is 0 Å². The Morgan fingerprint density at radius 2 is 2.23 bits per heavy atom. The van der Waals surface area contributed by atoms with Crippen molar-refractivity contribution < 1.29 is 9.53 Å². The smallest absolute Gasteiger partial charge is 0.310 e. The summed E-state index contributed by atoms with van der Waals surface area (Å²) in [5, 5.41) is 3.77. The normalized spacial score (nSPS) is 40.3. The van der Waals surface area contributed by atoms with Gasteiger partial charge in [-0.1, -0.05) is 22.9 Å². The van der Waals surface area contributed by atoms with Crippen LogP contribution in [-0.2, 0) is 14.9 Å². The summed E-state index contributed by atoms with van der Waals surface area (Å²) in [5.41, 5.74) is 2.87. The van der Waals surface area contributed by atoms with E-state index in [1.165, 1.54) is 30.6 Å². The average Bonchev–Trinajstić information content (AvgIpc) is 3.21. The molecule has 1 aromatic carbocycles. The van der Waals surface area contributed by atoms with Gasteiger partial charge in [0.05, 0.1) is 19.1 Å². The Labute approximate surface area is 163 Å². The first-order chi connectivity index (χ1) is 12.6. The van der Waals surface area contributed by atoms with Crippen molar-refractivity contribution in [2.24, 2.45) is 11.3 Å². The maximum atomic E-state index is 12.8. The van der Waals surface area contributed by atoms with Crippen LogP contribution in [0.1, 0.15) is 44.6 Å². The van der Waals surface area contributed by atoms with Crippen LogP contribution in [0.4, 0.5) is 5.69 Å². The van der Waals surface area contributed by atoms with Gasteiger partial charge < -0.3 is 10.1 Å². The molecule has 1 N–H and O–H groups in total. The minimum atomic E-state index is -0.0691. The first-order valence-corrected chi connectivity index (χ1v) is 10.7. The molecule has 140 valence electrons. The lowest BCUT2D eigenvalue weighted by molar-refractivity contribution is -0.153. The molecule has 4 aliphatic rings. The fourth-order valence-corrected chi connectivity index (χ4v) is 7.44. The zero-order valence-corrected chi connectivity index (χ0v) is 17.1. The largest absolute Gasteiger partial charge is 0.469 e. The number of piperidine rings is 1. The number of esters is 1. The van der Waals surface area contributed by atoms with Gasteiger partial charge in [-0.05, 0) is 74.4 Å². The van der Waals surface area contributed by atoms with E-state index >= 15 is 0 Å². The Hall–Kier alpha value is -1.07. The molecule has 0 bridgehead atoms. The monoisotopic (exact) mass is 418 g/mol. The van der Waals surface area contributed by atoms with E-state index in [0.717, 1.165) is 30.3 Å². The highest BCUT2D eigenvalue weighted by atomic mass is 79.9. The molecule has 1 aliphatic carbocycles. The highest BCUT2D eigenvalue weighted by Crippen LogP contribution is 2.65. The Balaban J connectivity index is 1.74. The summed E-state index contributed by atoms with van der Waals surface area (Å²) < 4.78 is 6.42. The third-order valence-corrected chi connectivity index (χ3v) is 8.44. The number of carbonyl (C=O) groups is 1. The van der Waals surface area contributed by atoms with Crippen molar-refractivity contribution in [2.75, 3.05) is 25.5 Å². The molecular formula is C21H27BrN2O2. The highest BCUT2D eigenvalue weighted by molar-refractivity contribution is 9.10. The van der Waals surface area contributed by atoms with E-state index in [2.05, 4.69) is 51.3 Å². The topological polar surface area (TPSA) is 41.6 Å². The third kappa shape index (κ3) is 1.96. The molecule has 1 saturated carbocycles. The molecule has 5 heteroatoms. The van der Waals surface area contributed by atoms with Crippen molar-refractivity contribution in [1.29, 1.82) is 0 Å². The summed E-state index contributed by atoms with van der Waals surface area (Å²) >= 11 is 3.69. The lowest BCUT2D eigenvalue weighted by Crippen LogP contribution is -2.67. The van der Waals surface area contributed by atoms with E-state index in [1.54, 1.807) is 7.11 Å². The fraction of sp³-hybridized carbons (Fsp3) is 0.667. The van der Waals surface area contributed by atoms with E-state index in [1.807, 2.05) is 0 Å². The van der Waals surface area contributed by atoms with Gasteiger partial charge in [0.1, 0.15) is 0 Å². The van der Waals surface area contributed by atoms with Crippen LogP contribution in [0, 0.1) is 11.3 Å². The van der Waals surface area contributed by atoms with E-state index in [-0.39, 0.29) is 28.8 Å². The molecule has 5 rings (SSSR count). The van der Waals surface area contributed by atoms with Crippen LogP contribution >= 0.6 is 15.9 Å². The van der Waals surface area contributed by atoms with Crippen LogP contribution in [0.3, 0.4) is 0 Å². The zero-order valence-electron chi connectivity index (χ0n) is 15.6. The molecule has 0 unspecified atom stereocenters. The van der Waals surface area contributed by atoms with Gasteiger partial charge in [0.2, 0.25) is 0 Å². The number of anilines is 1. The third-order valence-electron chi connectivity index (χ3n) is 7.95. The van der Waals surface area contributed by atoms with Gasteiger partial charge in [0.25, 0.3) is 0 Å². The number of ether oxygens (including phenoxy) is 1. The number of nitrogens with zero attached hydrogens (tertiary/aromatic N) is 1. The summed E-state index contributed by atoms with van der Waals surface area (Å²) in [5.74, 6) is -0.107. The second kappa shape index (κ2) is 5.71. The maximum Gasteiger partial charge on any atom is 0.310 e. The summed E-state index contributed by atoms with van der Waals surface area (Å²) in [6.45, 7) is 4.67. The number of hydrogen-bond donors (Lipinski definition) is 1. The van der Waals surface area contributed by atoms with Gasteiger partial charge in [0.15, 0.2) is 0 Å². The van der Waals surface area contributed by atoms with Gasteiger partial charge >= 0.3 is 5.97 Å². The predicted molar refractivity (Wildman–Crippen MR) is 105 cm³/mol. The molecule has 1 aromatic rings. The van der Waals surface area contributed by atoms with Crippen LogP contribution in [0.5, 0.6) is 0 Å². The number of fused-ring (bicyclic) bond motifs is 1. The molecule has 2 saturated heterocycles. The van der Waals surface area contributed by atoms with Crippen molar-refractivity contribution in [3.8, 4) is 0 Å². The second-order valence-corrected chi connectivity index (χ2v) is 9.61. The molecule has 5 atom stereocenters. The predicted octanol–water partition coefficient (Wildman–Crippen LogP) is 3.94. The molecule has 1 spiro atoms. The number of halogens is 1. The van der Waals surface area contributed by atoms with E-state index < -0.39 is 0 Å². The van der Waals surface area contributed by atoms with Crippen molar-refractivity contribution in [3.63, 3.8) is 0 Å². The molecule has 0 amide bonds. The average molecular weight is 419 g/mol. The minimum Gasteiger partial charge on any atom is -0.469 e. The molecule has 3 heterocycles. The van der Waals surface area contributed by atoms with Crippen LogP contribution in [0.2, 0.25) is 0 Å². The van der Waals surface area contributed by atoms with Crippen LogP contribution in [0.15, 0.2) is 22.7 Å². The van der Waals surface area contributed by atoms with Crippen LogP contribution < -0.4 is 5.32 Å². The number of benzene rings is 1. The highest BCUT2D eigenvalue weighted by Gasteiger charge is 2.69. The molecule has 0 radical (unpaired) electrons. The lowest BCUT2D eigenvalue weighted by Gasteiger charge is -2.59. The quantitative estimate of drug-likeness (QED) is 0.738. The van der Waals surface area contributed by atoms with Crippen molar-refractivity contribution in [1.82, 2.24) is 4.90 Å². The van der Waals surface area contributed by atoms with Crippen molar-refractivity contribution in [3.05, 3.63) is 28.2 Å². The van der Waals surface area contributed by atoms with Gasteiger partial charge in [-0.25, -0.2) is 0 Å². The van der Waals surface area contributed by atoms with E-state index in [4.69, 9.17) is 4.74 Å².